The summed E-state index contributed by atoms with van der Waals surface area (Å²) in [6.45, 7) is 6.83. The molecule has 0 aliphatic carbocycles. The summed E-state index contributed by atoms with van der Waals surface area (Å²) < 4.78 is 2.00. The van der Waals surface area contributed by atoms with E-state index < -0.39 is 5.97 Å². The number of nitrogens with zero attached hydrogens (tertiary/aromatic N) is 1. The standard InChI is InChI=1S/C15H16ClNO2/c1-4-17-12-8-9(2)7-10(3)14(12)11(15(17)16)5-6-13(18)19/h5-8H,4H2,1-3H3,(H,18,19)/b6-5+. The van der Waals surface area contributed by atoms with Crippen molar-refractivity contribution in [1.29, 1.82) is 0 Å². The maximum Gasteiger partial charge on any atom is 0.328 e. The van der Waals surface area contributed by atoms with E-state index in [4.69, 9.17) is 16.7 Å². The van der Waals surface area contributed by atoms with Crippen molar-refractivity contribution in [3.8, 4) is 0 Å². The fourth-order valence-corrected chi connectivity index (χ4v) is 2.85. The molecule has 0 saturated heterocycles. The molecule has 2 aromatic rings. The van der Waals surface area contributed by atoms with Gasteiger partial charge in [0.25, 0.3) is 0 Å². The number of rotatable bonds is 3. The molecule has 0 aliphatic rings. The van der Waals surface area contributed by atoms with Gasteiger partial charge in [0.15, 0.2) is 0 Å². The largest absolute Gasteiger partial charge is 0.478 e. The molecule has 2 rings (SSSR count). The Labute approximate surface area is 117 Å². The third-order valence-electron chi connectivity index (χ3n) is 3.19. The second-order valence-corrected chi connectivity index (χ2v) is 4.95. The number of carboxylic acids is 1. The number of hydrogen-bond acceptors (Lipinski definition) is 1. The van der Waals surface area contributed by atoms with Gasteiger partial charge in [0.2, 0.25) is 0 Å². The van der Waals surface area contributed by atoms with Gasteiger partial charge in [-0.05, 0) is 44.0 Å². The second-order valence-electron chi connectivity index (χ2n) is 4.60. The molecule has 0 spiro atoms. The molecule has 0 bridgehead atoms. The number of aryl methyl sites for hydroxylation is 3. The van der Waals surface area contributed by atoms with Gasteiger partial charge < -0.3 is 9.67 Å². The molecule has 1 heterocycles. The first-order chi connectivity index (χ1) is 8.95. The molecule has 100 valence electrons. The number of aromatic nitrogens is 1. The van der Waals surface area contributed by atoms with Crippen LogP contribution in [-0.4, -0.2) is 15.6 Å². The molecule has 0 saturated carbocycles. The molecule has 3 nitrogen and oxygen atoms in total. The number of aliphatic carboxylic acids is 1. The molecule has 1 N–H and O–H groups in total. The lowest BCUT2D eigenvalue weighted by molar-refractivity contribution is -0.131. The van der Waals surface area contributed by atoms with E-state index in [2.05, 4.69) is 12.1 Å². The summed E-state index contributed by atoms with van der Waals surface area (Å²) in [7, 11) is 0. The molecular weight excluding hydrogens is 262 g/mol. The van der Waals surface area contributed by atoms with Crippen molar-refractivity contribution in [3.05, 3.63) is 40.1 Å². The molecule has 0 radical (unpaired) electrons. The Morgan fingerprint density at radius 1 is 1.42 bits per heavy atom. The van der Waals surface area contributed by atoms with Crippen LogP contribution in [0, 0.1) is 13.8 Å². The highest BCUT2D eigenvalue weighted by Crippen LogP contribution is 2.34. The van der Waals surface area contributed by atoms with Gasteiger partial charge in [-0.15, -0.1) is 0 Å². The topological polar surface area (TPSA) is 42.2 Å². The van der Waals surface area contributed by atoms with E-state index in [9.17, 15) is 4.79 Å². The summed E-state index contributed by atoms with van der Waals surface area (Å²) in [5.74, 6) is -0.974. The lowest BCUT2D eigenvalue weighted by Gasteiger charge is -2.04. The number of carbonyl (C=O) groups is 1. The van der Waals surface area contributed by atoms with E-state index in [-0.39, 0.29) is 0 Å². The molecule has 0 unspecified atom stereocenters. The zero-order valence-electron chi connectivity index (χ0n) is 11.2. The smallest absolute Gasteiger partial charge is 0.328 e. The zero-order valence-corrected chi connectivity index (χ0v) is 12.0. The highest BCUT2D eigenvalue weighted by atomic mass is 35.5. The third-order valence-corrected chi connectivity index (χ3v) is 3.59. The number of hydrogen-bond donors (Lipinski definition) is 1. The summed E-state index contributed by atoms with van der Waals surface area (Å²) in [5, 5.41) is 10.4. The predicted octanol–water partition coefficient (Wildman–Crippen LogP) is 4.03. The summed E-state index contributed by atoms with van der Waals surface area (Å²) in [5.41, 5.74) is 4.10. The zero-order chi connectivity index (χ0) is 14.2. The van der Waals surface area contributed by atoms with Gasteiger partial charge in [0.1, 0.15) is 5.15 Å². The van der Waals surface area contributed by atoms with Crippen molar-refractivity contribution in [2.24, 2.45) is 0 Å². The lowest BCUT2D eigenvalue weighted by atomic mass is 10.0. The van der Waals surface area contributed by atoms with Gasteiger partial charge in [-0.25, -0.2) is 4.79 Å². The van der Waals surface area contributed by atoms with Gasteiger partial charge in [-0.1, -0.05) is 17.7 Å². The Bertz CT molecular complexity index is 683. The Morgan fingerprint density at radius 2 is 2.11 bits per heavy atom. The van der Waals surface area contributed by atoms with Crippen LogP contribution in [0.3, 0.4) is 0 Å². The third kappa shape index (κ3) is 2.38. The van der Waals surface area contributed by atoms with E-state index in [1.165, 1.54) is 5.56 Å². The number of carboxylic acid groups (broad SMARTS) is 1. The van der Waals surface area contributed by atoms with Crippen LogP contribution in [0.2, 0.25) is 5.15 Å². The summed E-state index contributed by atoms with van der Waals surface area (Å²) in [4.78, 5) is 10.7. The van der Waals surface area contributed by atoms with Crippen molar-refractivity contribution >= 4 is 34.5 Å². The van der Waals surface area contributed by atoms with Crippen molar-refractivity contribution in [1.82, 2.24) is 4.57 Å². The van der Waals surface area contributed by atoms with Gasteiger partial charge >= 0.3 is 5.97 Å². The van der Waals surface area contributed by atoms with Crippen LogP contribution in [0.1, 0.15) is 23.6 Å². The SMILES string of the molecule is CCn1c(Cl)c(/C=C/C(=O)O)c2c(C)cc(C)cc21. The van der Waals surface area contributed by atoms with Crippen LogP contribution in [-0.2, 0) is 11.3 Å². The first kappa shape index (κ1) is 13.7. The molecule has 1 aromatic carbocycles. The maximum atomic E-state index is 10.7. The number of fused-ring (bicyclic) bond motifs is 1. The average Bonchev–Trinajstić information content (AvgIpc) is 2.58. The van der Waals surface area contributed by atoms with Gasteiger partial charge in [0, 0.05) is 23.6 Å². The average molecular weight is 278 g/mol. The minimum absolute atomic E-state index is 0.587. The Kier molecular flexibility index (Phi) is 3.67. The Morgan fingerprint density at radius 3 is 2.68 bits per heavy atom. The minimum Gasteiger partial charge on any atom is -0.478 e. The molecule has 1 aromatic heterocycles. The molecule has 0 amide bonds. The Balaban J connectivity index is 2.83. The minimum atomic E-state index is -0.974. The summed E-state index contributed by atoms with van der Waals surface area (Å²) in [6, 6.07) is 4.16. The van der Waals surface area contributed by atoms with Crippen molar-refractivity contribution in [2.75, 3.05) is 0 Å². The van der Waals surface area contributed by atoms with Crippen LogP contribution < -0.4 is 0 Å². The van der Waals surface area contributed by atoms with Crippen LogP contribution in [0.4, 0.5) is 0 Å². The fraction of sp³-hybridized carbons (Fsp3) is 0.267. The molecule has 19 heavy (non-hydrogen) atoms. The second kappa shape index (κ2) is 5.10. The monoisotopic (exact) mass is 277 g/mol. The normalized spacial score (nSPS) is 11.6. The van der Waals surface area contributed by atoms with Gasteiger partial charge in [0.05, 0.1) is 5.52 Å². The van der Waals surface area contributed by atoms with E-state index in [0.717, 1.165) is 34.7 Å². The van der Waals surface area contributed by atoms with E-state index >= 15 is 0 Å². The maximum absolute atomic E-state index is 10.7. The highest BCUT2D eigenvalue weighted by Gasteiger charge is 2.15. The molecular formula is C15H16ClNO2. The van der Waals surface area contributed by atoms with Crippen LogP contribution in [0.25, 0.3) is 17.0 Å². The van der Waals surface area contributed by atoms with Crippen LogP contribution >= 0.6 is 11.6 Å². The van der Waals surface area contributed by atoms with E-state index in [1.54, 1.807) is 6.08 Å². The van der Waals surface area contributed by atoms with E-state index in [0.29, 0.717) is 5.15 Å². The first-order valence-corrected chi connectivity index (χ1v) is 6.53. The number of benzene rings is 1. The Hall–Kier alpha value is -1.74. The molecule has 0 fully saturated rings. The quantitative estimate of drug-likeness (QED) is 0.861. The highest BCUT2D eigenvalue weighted by molar-refractivity contribution is 6.33. The van der Waals surface area contributed by atoms with E-state index in [1.807, 2.05) is 25.3 Å². The van der Waals surface area contributed by atoms with Crippen LogP contribution in [0.15, 0.2) is 18.2 Å². The lowest BCUT2D eigenvalue weighted by Crippen LogP contribution is -1.93. The fourth-order valence-electron chi connectivity index (χ4n) is 2.48. The molecule has 4 heteroatoms. The molecule has 0 atom stereocenters. The van der Waals surface area contributed by atoms with Crippen LogP contribution in [0.5, 0.6) is 0 Å². The van der Waals surface area contributed by atoms with Gasteiger partial charge in [-0.2, -0.15) is 0 Å². The number of halogens is 1. The summed E-state index contributed by atoms with van der Waals surface area (Å²) in [6.07, 6.45) is 2.70. The van der Waals surface area contributed by atoms with Crippen molar-refractivity contribution in [3.63, 3.8) is 0 Å². The van der Waals surface area contributed by atoms with Crippen molar-refractivity contribution in [2.45, 2.75) is 27.3 Å². The van der Waals surface area contributed by atoms with Crippen molar-refractivity contribution < 1.29 is 9.90 Å². The van der Waals surface area contributed by atoms with Gasteiger partial charge in [-0.3, -0.25) is 0 Å². The predicted molar refractivity (Wildman–Crippen MR) is 78.8 cm³/mol. The first-order valence-electron chi connectivity index (χ1n) is 6.15. The molecule has 0 aliphatic heterocycles. The summed E-state index contributed by atoms with van der Waals surface area (Å²) >= 11 is 6.38.